The molecule has 1 rings (SSSR count). The second-order valence-electron chi connectivity index (χ2n) is 3.33. The molecule has 0 aromatic rings. The third-order valence-electron chi connectivity index (χ3n) is 2.38. The van der Waals surface area contributed by atoms with Crippen molar-refractivity contribution < 1.29 is 4.74 Å². The summed E-state index contributed by atoms with van der Waals surface area (Å²) in [5, 5.41) is 3.48. The molecule has 0 radical (unpaired) electrons. The highest BCUT2D eigenvalue weighted by molar-refractivity contribution is 4.71. The van der Waals surface area contributed by atoms with E-state index < -0.39 is 0 Å². The molecule has 0 spiro atoms. The predicted molar refractivity (Wildman–Crippen MR) is 51.0 cm³/mol. The van der Waals surface area contributed by atoms with Crippen molar-refractivity contribution in [1.82, 2.24) is 5.32 Å². The van der Waals surface area contributed by atoms with Crippen LogP contribution in [0.2, 0.25) is 0 Å². The summed E-state index contributed by atoms with van der Waals surface area (Å²) in [6.45, 7) is 5.20. The van der Waals surface area contributed by atoms with Crippen LogP contribution < -0.4 is 5.32 Å². The van der Waals surface area contributed by atoms with Crippen LogP contribution in [0.5, 0.6) is 0 Å². The summed E-state index contributed by atoms with van der Waals surface area (Å²) >= 11 is 0. The van der Waals surface area contributed by atoms with Crippen molar-refractivity contribution in [1.29, 1.82) is 0 Å². The van der Waals surface area contributed by atoms with Crippen LogP contribution in [-0.4, -0.2) is 19.2 Å². The van der Waals surface area contributed by atoms with Crippen LogP contribution in [0, 0.1) is 0 Å². The molecule has 1 saturated carbocycles. The van der Waals surface area contributed by atoms with Crippen LogP contribution in [0.4, 0.5) is 0 Å². The highest BCUT2D eigenvalue weighted by atomic mass is 16.5. The molecule has 1 aliphatic rings. The van der Waals surface area contributed by atoms with E-state index in [1.165, 1.54) is 38.4 Å². The maximum absolute atomic E-state index is 5.03. The fourth-order valence-corrected chi connectivity index (χ4v) is 1.71. The Morgan fingerprint density at radius 1 is 1.33 bits per heavy atom. The third kappa shape index (κ3) is 3.77. The fraction of sp³-hybridized carbons (Fsp3) is 0.800. The van der Waals surface area contributed by atoms with Gasteiger partial charge in [-0.1, -0.05) is 25.8 Å². The molecule has 0 heterocycles. The molecular weight excluding hydrogens is 150 g/mol. The third-order valence-corrected chi connectivity index (χ3v) is 2.38. The van der Waals surface area contributed by atoms with Crippen LogP contribution in [0.1, 0.15) is 32.1 Å². The molecule has 0 atom stereocenters. The first-order valence-corrected chi connectivity index (χ1v) is 4.89. The Bertz CT molecular complexity index is 119. The monoisotopic (exact) mass is 169 g/mol. The summed E-state index contributed by atoms with van der Waals surface area (Å²) < 4.78 is 5.03. The highest BCUT2D eigenvalue weighted by Crippen LogP contribution is 2.16. The molecule has 0 bridgehead atoms. The van der Waals surface area contributed by atoms with Crippen molar-refractivity contribution in [2.75, 3.05) is 13.2 Å². The average molecular weight is 169 g/mol. The molecule has 0 amide bonds. The minimum Gasteiger partial charge on any atom is -0.500 e. The maximum Gasteiger partial charge on any atom is 0.0997 e. The lowest BCUT2D eigenvalue weighted by molar-refractivity contribution is 0.238. The minimum atomic E-state index is 0.743. The lowest BCUT2D eigenvalue weighted by Gasteiger charge is -2.22. The van der Waals surface area contributed by atoms with Gasteiger partial charge in [-0.15, -0.1) is 0 Å². The van der Waals surface area contributed by atoms with E-state index in [1.807, 2.05) is 0 Å². The number of hydrogen-bond donors (Lipinski definition) is 1. The first-order chi connectivity index (χ1) is 5.93. The van der Waals surface area contributed by atoms with Gasteiger partial charge in [0.2, 0.25) is 0 Å². The predicted octanol–water partition coefficient (Wildman–Crippen LogP) is 2.07. The van der Waals surface area contributed by atoms with E-state index >= 15 is 0 Å². The molecule has 1 N–H and O–H groups in total. The molecule has 0 aromatic heterocycles. The van der Waals surface area contributed by atoms with Crippen LogP contribution in [0.25, 0.3) is 0 Å². The van der Waals surface area contributed by atoms with E-state index in [9.17, 15) is 0 Å². The molecule has 0 aliphatic heterocycles. The van der Waals surface area contributed by atoms with Crippen molar-refractivity contribution in [2.45, 2.75) is 38.1 Å². The van der Waals surface area contributed by atoms with Gasteiger partial charge in [0.05, 0.1) is 12.9 Å². The number of ether oxygens (including phenoxy) is 1. The summed E-state index contributed by atoms with van der Waals surface area (Å²) in [7, 11) is 0. The quantitative estimate of drug-likeness (QED) is 0.502. The SMILES string of the molecule is C=COCCNC1CCCCC1. The van der Waals surface area contributed by atoms with E-state index in [-0.39, 0.29) is 0 Å². The molecule has 1 fully saturated rings. The molecule has 1 aliphatic carbocycles. The van der Waals surface area contributed by atoms with E-state index in [1.54, 1.807) is 0 Å². The van der Waals surface area contributed by atoms with Gasteiger partial charge in [-0.05, 0) is 12.8 Å². The molecule has 12 heavy (non-hydrogen) atoms. The molecule has 2 heteroatoms. The van der Waals surface area contributed by atoms with Crippen molar-refractivity contribution >= 4 is 0 Å². The first kappa shape index (κ1) is 9.59. The van der Waals surface area contributed by atoms with E-state index in [0.717, 1.165) is 19.2 Å². The zero-order chi connectivity index (χ0) is 8.65. The largest absolute Gasteiger partial charge is 0.500 e. The molecule has 70 valence electrons. The number of nitrogens with one attached hydrogen (secondary N) is 1. The van der Waals surface area contributed by atoms with Gasteiger partial charge in [-0.25, -0.2) is 0 Å². The molecule has 0 aromatic carbocycles. The van der Waals surface area contributed by atoms with Crippen molar-refractivity contribution in [3.05, 3.63) is 12.8 Å². The molecular formula is C10H19NO. The molecule has 0 saturated heterocycles. The summed E-state index contributed by atoms with van der Waals surface area (Å²) in [6.07, 6.45) is 8.38. The van der Waals surface area contributed by atoms with Crippen LogP contribution in [-0.2, 0) is 4.74 Å². The standard InChI is InChI=1S/C10H19NO/c1-2-12-9-8-11-10-6-4-3-5-7-10/h2,10-11H,1,3-9H2. The van der Waals surface area contributed by atoms with Gasteiger partial charge >= 0.3 is 0 Å². The molecule has 2 nitrogen and oxygen atoms in total. The summed E-state index contributed by atoms with van der Waals surface area (Å²) in [5.74, 6) is 0. The smallest absolute Gasteiger partial charge is 0.0997 e. The highest BCUT2D eigenvalue weighted by Gasteiger charge is 2.11. The lowest BCUT2D eigenvalue weighted by atomic mass is 9.96. The molecule has 0 unspecified atom stereocenters. The lowest BCUT2D eigenvalue weighted by Crippen LogP contribution is -2.33. The van der Waals surface area contributed by atoms with E-state index in [2.05, 4.69) is 11.9 Å². The van der Waals surface area contributed by atoms with Crippen molar-refractivity contribution in [3.63, 3.8) is 0 Å². The Kier molecular flexibility index (Phi) is 4.85. The Labute approximate surface area is 75.0 Å². The average Bonchev–Trinajstić information content (AvgIpc) is 2.14. The fourth-order valence-electron chi connectivity index (χ4n) is 1.71. The minimum absolute atomic E-state index is 0.743. The van der Waals surface area contributed by atoms with Gasteiger partial charge in [0.15, 0.2) is 0 Å². The van der Waals surface area contributed by atoms with Crippen LogP contribution >= 0.6 is 0 Å². The summed E-state index contributed by atoms with van der Waals surface area (Å²) in [5.41, 5.74) is 0. The van der Waals surface area contributed by atoms with E-state index in [0.29, 0.717) is 0 Å². The van der Waals surface area contributed by atoms with Gasteiger partial charge < -0.3 is 10.1 Å². The second kappa shape index (κ2) is 6.06. The Morgan fingerprint density at radius 2 is 2.08 bits per heavy atom. The van der Waals surface area contributed by atoms with Gasteiger partial charge in [-0.2, -0.15) is 0 Å². The first-order valence-electron chi connectivity index (χ1n) is 4.89. The van der Waals surface area contributed by atoms with Gasteiger partial charge in [0, 0.05) is 12.6 Å². The van der Waals surface area contributed by atoms with Crippen molar-refractivity contribution in [2.24, 2.45) is 0 Å². The topological polar surface area (TPSA) is 21.3 Å². The zero-order valence-corrected chi connectivity index (χ0v) is 7.72. The Morgan fingerprint density at radius 3 is 2.75 bits per heavy atom. The summed E-state index contributed by atoms with van der Waals surface area (Å²) in [6, 6.07) is 0.743. The van der Waals surface area contributed by atoms with Gasteiger partial charge in [0.25, 0.3) is 0 Å². The van der Waals surface area contributed by atoms with Gasteiger partial charge in [0.1, 0.15) is 0 Å². The number of rotatable bonds is 5. The Balaban J connectivity index is 1.94. The second-order valence-corrected chi connectivity index (χ2v) is 3.33. The van der Waals surface area contributed by atoms with Crippen LogP contribution in [0.15, 0.2) is 12.8 Å². The summed E-state index contributed by atoms with van der Waals surface area (Å²) in [4.78, 5) is 0. The zero-order valence-electron chi connectivity index (χ0n) is 7.72. The van der Waals surface area contributed by atoms with Gasteiger partial charge in [-0.3, -0.25) is 0 Å². The Hall–Kier alpha value is -0.500. The number of hydrogen-bond acceptors (Lipinski definition) is 2. The van der Waals surface area contributed by atoms with Crippen LogP contribution in [0.3, 0.4) is 0 Å². The maximum atomic E-state index is 5.03. The van der Waals surface area contributed by atoms with E-state index in [4.69, 9.17) is 4.74 Å². The normalized spacial score (nSPS) is 19.0. The van der Waals surface area contributed by atoms with Crippen molar-refractivity contribution in [3.8, 4) is 0 Å².